The summed E-state index contributed by atoms with van der Waals surface area (Å²) in [5.41, 5.74) is 0.516. The highest BCUT2D eigenvalue weighted by Gasteiger charge is 2.23. The maximum Gasteiger partial charge on any atom is 0.338 e. The van der Waals surface area contributed by atoms with Crippen LogP contribution in [0.1, 0.15) is 107 Å². The quantitative estimate of drug-likeness (QED) is 0.219. The molecule has 1 aromatic rings. The van der Waals surface area contributed by atoms with E-state index in [-0.39, 0.29) is 11.9 Å². The minimum atomic E-state index is -0.627. The van der Waals surface area contributed by atoms with Gasteiger partial charge >= 0.3 is 11.9 Å². The first kappa shape index (κ1) is 27.2. The van der Waals surface area contributed by atoms with Gasteiger partial charge < -0.3 is 14.6 Å². The summed E-state index contributed by atoms with van der Waals surface area (Å²) >= 11 is 0. The molecule has 2 unspecified atom stereocenters. The number of unbranched alkanes of at least 4 members (excludes halogenated alkanes) is 9. The zero-order valence-corrected chi connectivity index (χ0v) is 19.5. The van der Waals surface area contributed by atoms with Crippen molar-refractivity contribution in [1.29, 1.82) is 0 Å². The molecule has 0 saturated heterocycles. The van der Waals surface area contributed by atoms with E-state index >= 15 is 0 Å². The number of carbonyl (C=O) groups excluding carboxylic acids is 2. The average molecular weight is 435 g/mol. The van der Waals surface area contributed by atoms with Crippen LogP contribution in [0, 0.1) is 0 Å². The van der Waals surface area contributed by atoms with E-state index in [0.717, 1.165) is 44.9 Å². The minimum Gasteiger partial charge on any atom is -0.469 e. The Hall–Kier alpha value is -1.88. The minimum absolute atomic E-state index is 0.161. The molecule has 31 heavy (non-hydrogen) atoms. The summed E-state index contributed by atoms with van der Waals surface area (Å²) < 4.78 is 10.4. The Morgan fingerprint density at radius 3 is 2.06 bits per heavy atom. The third-order valence-electron chi connectivity index (χ3n) is 5.65. The molecule has 0 amide bonds. The standard InChI is InChI=1S/C26H42O5/c1-3-4-5-6-8-14-19-23(27)24(31-26(29)22-17-12-11-13-18-22)20-15-9-7-10-16-21-25(28)30-2/h11-13,17-18,23-24,27H,3-10,14-16,19-21H2,1-2H3. The molecule has 0 aliphatic rings. The lowest BCUT2D eigenvalue weighted by molar-refractivity contribution is -0.140. The van der Waals surface area contributed by atoms with Crippen molar-refractivity contribution in [2.45, 2.75) is 109 Å². The van der Waals surface area contributed by atoms with E-state index in [2.05, 4.69) is 11.7 Å². The number of hydrogen-bond donors (Lipinski definition) is 1. The highest BCUT2D eigenvalue weighted by molar-refractivity contribution is 5.89. The van der Waals surface area contributed by atoms with Crippen LogP contribution in [0.5, 0.6) is 0 Å². The van der Waals surface area contributed by atoms with Crippen LogP contribution in [-0.2, 0) is 14.3 Å². The fraction of sp³-hybridized carbons (Fsp3) is 0.692. The molecule has 0 aliphatic carbocycles. The lowest BCUT2D eigenvalue weighted by Gasteiger charge is -2.23. The summed E-state index contributed by atoms with van der Waals surface area (Å²) in [5.74, 6) is -0.531. The summed E-state index contributed by atoms with van der Waals surface area (Å²) in [4.78, 5) is 23.6. The van der Waals surface area contributed by atoms with Crippen molar-refractivity contribution >= 4 is 11.9 Å². The van der Waals surface area contributed by atoms with E-state index in [1.54, 1.807) is 12.1 Å². The van der Waals surface area contributed by atoms with Gasteiger partial charge in [0.05, 0.1) is 18.8 Å². The van der Waals surface area contributed by atoms with Gasteiger partial charge in [0.1, 0.15) is 6.10 Å². The number of benzene rings is 1. The van der Waals surface area contributed by atoms with E-state index in [1.165, 1.54) is 32.8 Å². The normalized spacial score (nSPS) is 12.9. The van der Waals surface area contributed by atoms with Gasteiger partial charge in [-0.25, -0.2) is 4.79 Å². The SMILES string of the molecule is CCCCCCCCC(O)C(CCCCCCCC(=O)OC)OC(=O)c1ccccc1. The first-order valence-electron chi connectivity index (χ1n) is 12.1. The van der Waals surface area contributed by atoms with Gasteiger partial charge in [-0.2, -0.15) is 0 Å². The van der Waals surface area contributed by atoms with E-state index in [0.29, 0.717) is 24.8 Å². The van der Waals surface area contributed by atoms with Crippen LogP contribution in [0.15, 0.2) is 30.3 Å². The van der Waals surface area contributed by atoms with Crippen LogP contribution in [0.2, 0.25) is 0 Å². The molecular formula is C26H42O5. The number of aliphatic hydroxyl groups is 1. The molecule has 1 N–H and O–H groups in total. The molecule has 0 fully saturated rings. The lowest BCUT2D eigenvalue weighted by atomic mass is 9.99. The fourth-order valence-corrected chi connectivity index (χ4v) is 3.68. The average Bonchev–Trinajstić information content (AvgIpc) is 2.79. The number of ether oxygens (including phenoxy) is 2. The fourth-order valence-electron chi connectivity index (χ4n) is 3.68. The molecule has 0 saturated carbocycles. The molecule has 1 rings (SSSR count). The Morgan fingerprint density at radius 1 is 0.839 bits per heavy atom. The summed E-state index contributed by atoms with van der Waals surface area (Å²) in [6.07, 6.45) is 12.4. The van der Waals surface area contributed by atoms with Gasteiger partial charge in [0.15, 0.2) is 0 Å². The zero-order valence-electron chi connectivity index (χ0n) is 19.5. The third-order valence-corrected chi connectivity index (χ3v) is 5.65. The predicted molar refractivity (Wildman–Crippen MR) is 124 cm³/mol. The lowest BCUT2D eigenvalue weighted by Crippen LogP contribution is -2.31. The molecule has 2 atom stereocenters. The van der Waals surface area contributed by atoms with Crippen molar-refractivity contribution in [3.63, 3.8) is 0 Å². The smallest absolute Gasteiger partial charge is 0.338 e. The van der Waals surface area contributed by atoms with Gasteiger partial charge in [0, 0.05) is 6.42 Å². The Kier molecular flexibility index (Phi) is 15.6. The molecule has 5 nitrogen and oxygen atoms in total. The Labute approximate surface area is 188 Å². The van der Waals surface area contributed by atoms with E-state index in [9.17, 15) is 14.7 Å². The maximum absolute atomic E-state index is 12.5. The van der Waals surface area contributed by atoms with E-state index in [4.69, 9.17) is 4.74 Å². The molecule has 0 aromatic heterocycles. The summed E-state index contributed by atoms with van der Waals surface area (Å²) in [7, 11) is 1.41. The Balaban J connectivity index is 2.42. The van der Waals surface area contributed by atoms with Gasteiger partial charge in [0.25, 0.3) is 0 Å². The second-order valence-electron chi connectivity index (χ2n) is 8.32. The molecule has 0 aliphatic heterocycles. The van der Waals surface area contributed by atoms with Crippen molar-refractivity contribution in [2.24, 2.45) is 0 Å². The van der Waals surface area contributed by atoms with E-state index in [1.807, 2.05) is 18.2 Å². The van der Waals surface area contributed by atoms with Crippen molar-refractivity contribution in [3.8, 4) is 0 Å². The van der Waals surface area contributed by atoms with Crippen LogP contribution in [0.3, 0.4) is 0 Å². The highest BCUT2D eigenvalue weighted by atomic mass is 16.6. The van der Waals surface area contributed by atoms with Crippen LogP contribution in [0.25, 0.3) is 0 Å². The van der Waals surface area contributed by atoms with Crippen LogP contribution >= 0.6 is 0 Å². The molecular weight excluding hydrogens is 392 g/mol. The molecule has 0 bridgehead atoms. The summed E-state index contributed by atoms with van der Waals surface area (Å²) in [6.45, 7) is 2.20. The number of hydrogen-bond acceptors (Lipinski definition) is 5. The molecule has 176 valence electrons. The molecule has 0 radical (unpaired) electrons. The van der Waals surface area contributed by atoms with Gasteiger partial charge in [0.2, 0.25) is 0 Å². The second-order valence-corrected chi connectivity index (χ2v) is 8.32. The van der Waals surface area contributed by atoms with E-state index < -0.39 is 12.2 Å². The van der Waals surface area contributed by atoms with Crippen LogP contribution < -0.4 is 0 Å². The molecule has 0 spiro atoms. The number of aliphatic hydroxyl groups excluding tert-OH is 1. The number of methoxy groups -OCH3 is 1. The number of esters is 2. The van der Waals surface area contributed by atoms with Crippen molar-refractivity contribution < 1.29 is 24.2 Å². The summed E-state index contributed by atoms with van der Waals surface area (Å²) in [5, 5.41) is 10.7. The van der Waals surface area contributed by atoms with Gasteiger partial charge in [-0.3, -0.25) is 4.79 Å². The molecule has 5 heteroatoms. The van der Waals surface area contributed by atoms with Crippen molar-refractivity contribution in [3.05, 3.63) is 35.9 Å². The van der Waals surface area contributed by atoms with Crippen LogP contribution in [-0.4, -0.2) is 36.4 Å². The number of rotatable bonds is 18. The monoisotopic (exact) mass is 434 g/mol. The Bertz CT molecular complexity index is 587. The largest absolute Gasteiger partial charge is 0.469 e. The zero-order chi connectivity index (χ0) is 22.7. The van der Waals surface area contributed by atoms with Crippen molar-refractivity contribution in [1.82, 2.24) is 0 Å². The third kappa shape index (κ3) is 13.2. The molecule has 0 heterocycles. The maximum atomic E-state index is 12.5. The first-order chi connectivity index (χ1) is 15.1. The van der Waals surface area contributed by atoms with Crippen LogP contribution in [0.4, 0.5) is 0 Å². The Morgan fingerprint density at radius 2 is 1.42 bits per heavy atom. The highest BCUT2D eigenvalue weighted by Crippen LogP contribution is 2.19. The van der Waals surface area contributed by atoms with Gasteiger partial charge in [-0.05, 0) is 37.8 Å². The number of carbonyl (C=O) groups is 2. The first-order valence-corrected chi connectivity index (χ1v) is 12.1. The van der Waals surface area contributed by atoms with Crippen molar-refractivity contribution in [2.75, 3.05) is 7.11 Å². The topological polar surface area (TPSA) is 72.8 Å². The van der Waals surface area contributed by atoms with Gasteiger partial charge in [-0.15, -0.1) is 0 Å². The molecule has 1 aromatic carbocycles. The summed E-state index contributed by atoms with van der Waals surface area (Å²) in [6, 6.07) is 8.96. The van der Waals surface area contributed by atoms with Gasteiger partial charge in [-0.1, -0.05) is 82.9 Å². The second kappa shape index (κ2) is 17.8. The predicted octanol–water partition coefficient (Wildman–Crippen LogP) is 6.23.